The molecule has 1 unspecified atom stereocenters. The molecule has 0 aliphatic rings. The van der Waals surface area contributed by atoms with Crippen molar-refractivity contribution in [3.8, 4) is 5.75 Å². The minimum Gasteiger partial charge on any atom is -0.508 e. The molecule has 4 heteroatoms. The molecule has 2 N–H and O–H groups in total. The third-order valence-electron chi connectivity index (χ3n) is 1.91. The van der Waals surface area contributed by atoms with Gasteiger partial charge in [0.05, 0.1) is 5.92 Å². The zero-order valence-electron chi connectivity index (χ0n) is 7.70. The SMILES string of the molecule is CC(Cc1cc(O)cc(Br)c1)C(=O)O. The molecular weight excluding hydrogens is 248 g/mol. The molecule has 1 aromatic carbocycles. The van der Waals surface area contributed by atoms with Crippen LogP contribution in [0.25, 0.3) is 0 Å². The second-order valence-corrected chi connectivity index (χ2v) is 4.18. The number of hydrogen-bond donors (Lipinski definition) is 2. The first kappa shape index (κ1) is 11.0. The molecule has 0 amide bonds. The third-order valence-corrected chi connectivity index (χ3v) is 2.36. The molecule has 0 aliphatic heterocycles. The first-order valence-electron chi connectivity index (χ1n) is 4.20. The minimum atomic E-state index is -0.829. The number of hydrogen-bond acceptors (Lipinski definition) is 2. The van der Waals surface area contributed by atoms with Crippen molar-refractivity contribution in [2.75, 3.05) is 0 Å². The second kappa shape index (κ2) is 4.46. The lowest BCUT2D eigenvalue weighted by Crippen LogP contribution is -2.12. The minimum absolute atomic E-state index is 0.145. The first-order chi connectivity index (χ1) is 6.49. The number of aromatic hydroxyl groups is 1. The number of aliphatic carboxylic acids is 1. The van der Waals surface area contributed by atoms with Crippen LogP contribution in [-0.4, -0.2) is 16.2 Å². The number of halogens is 1. The van der Waals surface area contributed by atoms with Gasteiger partial charge in [-0.05, 0) is 30.2 Å². The van der Waals surface area contributed by atoms with E-state index < -0.39 is 11.9 Å². The van der Waals surface area contributed by atoms with E-state index in [0.29, 0.717) is 6.42 Å². The number of phenols is 1. The predicted molar refractivity (Wildman–Crippen MR) is 56.3 cm³/mol. The van der Waals surface area contributed by atoms with Crippen LogP contribution < -0.4 is 0 Å². The van der Waals surface area contributed by atoms with Gasteiger partial charge in [0, 0.05) is 4.47 Å². The van der Waals surface area contributed by atoms with E-state index in [1.807, 2.05) is 0 Å². The number of carboxylic acid groups (broad SMARTS) is 1. The largest absolute Gasteiger partial charge is 0.508 e. The molecule has 0 radical (unpaired) electrons. The predicted octanol–water partition coefficient (Wildman–Crippen LogP) is 2.42. The molecule has 1 atom stereocenters. The van der Waals surface area contributed by atoms with Gasteiger partial charge in [-0.25, -0.2) is 0 Å². The van der Waals surface area contributed by atoms with Gasteiger partial charge in [-0.3, -0.25) is 4.79 Å². The summed E-state index contributed by atoms with van der Waals surface area (Å²) in [6.45, 7) is 1.64. The summed E-state index contributed by atoms with van der Waals surface area (Å²) in [6.07, 6.45) is 0.419. The molecule has 0 saturated heterocycles. The maximum atomic E-state index is 10.6. The Labute approximate surface area is 90.5 Å². The van der Waals surface area contributed by atoms with Gasteiger partial charge in [0.1, 0.15) is 5.75 Å². The average Bonchev–Trinajstić information content (AvgIpc) is 2.01. The highest BCUT2D eigenvalue weighted by atomic mass is 79.9. The Balaban J connectivity index is 2.81. The van der Waals surface area contributed by atoms with Crippen LogP contribution in [0.5, 0.6) is 5.75 Å². The van der Waals surface area contributed by atoms with Crippen LogP contribution in [0.1, 0.15) is 12.5 Å². The molecule has 0 bridgehead atoms. The average molecular weight is 259 g/mol. The highest BCUT2D eigenvalue weighted by Crippen LogP contribution is 2.22. The van der Waals surface area contributed by atoms with Crippen LogP contribution in [0.3, 0.4) is 0 Å². The summed E-state index contributed by atoms with van der Waals surface area (Å²) in [7, 11) is 0. The second-order valence-electron chi connectivity index (χ2n) is 3.26. The quantitative estimate of drug-likeness (QED) is 0.876. The van der Waals surface area contributed by atoms with Crippen molar-refractivity contribution < 1.29 is 15.0 Å². The topological polar surface area (TPSA) is 57.5 Å². The molecule has 76 valence electrons. The Kier molecular flexibility index (Phi) is 3.52. The monoisotopic (exact) mass is 258 g/mol. The summed E-state index contributed by atoms with van der Waals surface area (Å²) >= 11 is 3.23. The van der Waals surface area contributed by atoms with Gasteiger partial charge in [-0.15, -0.1) is 0 Å². The number of rotatable bonds is 3. The Morgan fingerprint density at radius 2 is 2.14 bits per heavy atom. The lowest BCUT2D eigenvalue weighted by molar-refractivity contribution is -0.141. The van der Waals surface area contributed by atoms with Crippen molar-refractivity contribution >= 4 is 21.9 Å². The molecule has 0 saturated carbocycles. The smallest absolute Gasteiger partial charge is 0.306 e. The summed E-state index contributed by atoms with van der Waals surface area (Å²) in [5.74, 6) is -1.12. The zero-order chi connectivity index (χ0) is 10.7. The van der Waals surface area contributed by atoms with Crippen LogP contribution in [0.4, 0.5) is 0 Å². The number of carboxylic acids is 1. The number of benzene rings is 1. The van der Waals surface area contributed by atoms with Gasteiger partial charge in [0.2, 0.25) is 0 Å². The summed E-state index contributed by atoms with van der Waals surface area (Å²) in [6, 6.07) is 4.94. The van der Waals surface area contributed by atoms with Gasteiger partial charge in [0.15, 0.2) is 0 Å². The van der Waals surface area contributed by atoms with E-state index in [1.165, 1.54) is 0 Å². The summed E-state index contributed by atoms with van der Waals surface area (Å²) in [4.78, 5) is 10.6. The number of phenolic OH excluding ortho intramolecular Hbond substituents is 1. The number of carbonyl (C=O) groups is 1. The van der Waals surface area contributed by atoms with Crippen LogP contribution >= 0.6 is 15.9 Å². The van der Waals surface area contributed by atoms with Gasteiger partial charge in [-0.1, -0.05) is 22.9 Å². The fourth-order valence-corrected chi connectivity index (χ4v) is 1.72. The molecule has 0 aliphatic carbocycles. The van der Waals surface area contributed by atoms with Gasteiger partial charge >= 0.3 is 5.97 Å². The van der Waals surface area contributed by atoms with Crippen LogP contribution in [-0.2, 0) is 11.2 Å². The Hall–Kier alpha value is -1.03. The fourth-order valence-electron chi connectivity index (χ4n) is 1.19. The van der Waals surface area contributed by atoms with Crippen LogP contribution in [0, 0.1) is 5.92 Å². The van der Waals surface area contributed by atoms with Crippen molar-refractivity contribution in [3.63, 3.8) is 0 Å². The van der Waals surface area contributed by atoms with E-state index in [2.05, 4.69) is 15.9 Å². The summed E-state index contributed by atoms with van der Waals surface area (Å²) in [5, 5.41) is 18.0. The highest BCUT2D eigenvalue weighted by molar-refractivity contribution is 9.10. The molecule has 14 heavy (non-hydrogen) atoms. The molecule has 0 spiro atoms. The van der Waals surface area contributed by atoms with Crippen molar-refractivity contribution in [1.82, 2.24) is 0 Å². The molecular formula is C10H11BrO3. The Morgan fingerprint density at radius 3 is 2.64 bits per heavy atom. The lowest BCUT2D eigenvalue weighted by Gasteiger charge is -2.06. The molecule has 3 nitrogen and oxygen atoms in total. The molecule has 0 heterocycles. The van der Waals surface area contributed by atoms with Gasteiger partial charge < -0.3 is 10.2 Å². The Bertz CT molecular complexity index is 329. The summed E-state index contributed by atoms with van der Waals surface area (Å²) < 4.78 is 0.755. The first-order valence-corrected chi connectivity index (χ1v) is 4.99. The normalized spacial score (nSPS) is 12.4. The molecule has 0 fully saturated rings. The van der Waals surface area contributed by atoms with E-state index in [4.69, 9.17) is 5.11 Å². The van der Waals surface area contributed by atoms with Crippen LogP contribution in [0.15, 0.2) is 22.7 Å². The van der Waals surface area contributed by atoms with Crippen molar-refractivity contribution in [1.29, 1.82) is 0 Å². The zero-order valence-corrected chi connectivity index (χ0v) is 9.28. The maximum Gasteiger partial charge on any atom is 0.306 e. The lowest BCUT2D eigenvalue weighted by atomic mass is 10.0. The maximum absolute atomic E-state index is 10.6. The van der Waals surface area contributed by atoms with E-state index in [1.54, 1.807) is 25.1 Å². The van der Waals surface area contributed by atoms with Crippen molar-refractivity contribution in [3.05, 3.63) is 28.2 Å². The third kappa shape index (κ3) is 3.03. The van der Waals surface area contributed by atoms with Crippen molar-refractivity contribution in [2.45, 2.75) is 13.3 Å². The van der Waals surface area contributed by atoms with E-state index in [9.17, 15) is 9.90 Å². The Morgan fingerprint density at radius 1 is 1.50 bits per heavy atom. The van der Waals surface area contributed by atoms with E-state index in [0.717, 1.165) is 10.0 Å². The standard InChI is InChI=1S/C10H11BrO3/c1-6(10(13)14)2-7-3-8(11)5-9(12)4-7/h3-6,12H,2H2,1H3,(H,13,14). The fraction of sp³-hybridized carbons (Fsp3) is 0.300. The van der Waals surface area contributed by atoms with E-state index in [-0.39, 0.29) is 5.75 Å². The summed E-state index contributed by atoms with van der Waals surface area (Å²) in [5.41, 5.74) is 0.812. The van der Waals surface area contributed by atoms with Gasteiger partial charge in [-0.2, -0.15) is 0 Å². The molecule has 1 rings (SSSR count). The van der Waals surface area contributed by atoms with E-state index >= 15 is 0 Å². The van der Waals surface area contributed by atoms with Crippen molar-refractivity contribution in [2.24, 2.45) is 5.92 Å². The highest BCUT2D eigenvalue weighted by Gasteiger charge is 2.12. The van der Waals surface area contributed by atoms with Crippen LogP contribution in [0.2, 0.25) is 0 Å². The van der Waals surface area contributed by atoms with Gasteiger partial charge in [0.25, 0.3) is 0 Å². The molecule has 0 aromatic heterocycles. The molecule has 1 aromatic rings.